The summed E-state index contributed by atoms with van der Waals surface area (Å²) in [4.78, 5) is 23.8. The largest absolute Gasteiger partial charge is 0.465 e. The number of benzene rings is 1. The first-order valence-corrected chi connectivity index (χ1v) is 8.01. The van der Waals surface area contributed by atoms with Gasteiger partial charge in [0.1, 0.15) is 6.61 Å². The van der Waals surface area contributed by atoms with E-state index in [9.17, 15) is 9.59 Å². The number of hydrogen-bond acceptors (Lipinski definition) is 4. The molecule has 1 saturated carbocycles. The standard InChI is InChI=1S/C19H21NO4/c1-3-8-23-18(22)20-16-6-4-14(5-7-16)11-19-10-13(2)9-15(19)12-24-17(19)21/h3-7,15H,1-2,8-12H2,(H,20,22)/t15-,19-/m1/s1. The van der Waals surface area contributed by atoms with Gasteiger partial charge in [-0.25, -0.2) is 4.79 Å². The number of cyclic esters (lactones) is 1. The van der Waals surface area contributed by atoms with Crippen molar-refractivity contribution in [3.63, 3.8) is 0 Å². The minimum absolute atomic E-state index is 0.110. The van der Waals surface area contributed by atoms with Crippen LogP contribution in [0.15, 0.2) is 49.1 Å². The van der Waals surface area contributed by atoms with Crippen molar-refractivity contribution >= 4 is 17.7 Å². The second kappa shape index (κ2) is 6.51. The van der Waals surface area contributed by atoms with Crippen LogP contribution in [0.4, 0.5) is 10.5 Å². The molecule has 126 valence electrons. The Bertz CT molecular complexity index is 679. The molecule has 1 aromatic carbocycles. The van der Waals surface area contributed by atoms with E-state index in [2.05, 4.69) is 18.5 Å². The van der Waals surface area contributed by atoms with E-state index in [1.807, 2.05) is 12.1 Å². The summed E-state index contributed by atoms with van der Waals surface area (Å²) in [7, 11) is 0. The third kappa shape index (κ3) is 3.07. The Morgan fingerprint density at radius 3 is 2.88 bits per heavy atom. The molecule has 5 heteroatoms. The van der Waals surface area contributed by atoms with Gasteiger partial charge in [-0.3, -0.25) is 10.1 Å². The molecule has 1 aromatic rings. The molecular formula is C19H21NO4. The zero-order chi connectivity index (χ0) is 17.2. The summed E-state index contributed by atoms with van der Waals surface area (Å²) in [6, 6.07) is 7.45. The molecule has 1 saturated heterocycles. The van der Waals surface area contributed by atoms with Crippen LogP contribution >= 0.6 is 0 Å². The highest BCUT2D eigenvalue weighted by molar-refractivity contribution is 5.84. The highest BCUT2D eigenvalue weighted by atomic mass is 16.5. The number of rotatable bonds is 5. The van der Waals surface area contributed by atoms with E-state index in [1.165, 1.54) is 6.08 Å². The van der Waals surface area contributed by atoms with Gasteiger partial charge >= 0.3 is 12.1 Å². The van der Waals surface area contributed by atoms with Crippen LogP contribution in [0.1, 0.15) is 18.4 Å². The van der Waals surface area contributed by atoms with Crippen LogP contribution in [-0.4, -0.2) is 25.3 Å². The number of allylic oxidation sites excluding steroid dienone is 1. The van der Waals surface area contributed by atoms with E-state index in [-0.39, 0.29) is 18.5 Å². The number of nitrogens with one attached hydrogen (secondary N) is 1. The molecule has 2 aliphatic rings. The van der Waals surface area contributed by atoms with Gasteiger partial charge in [0.15, 0.2) is 0 Å². The van der Waals surface area contributed by atoms with E-state index in [0.29, 0.717) is 25.1 Å². The summed E-state index contributed by atoms with van der Waals surface area (Å²) < 4.78 is 10.2. The fourth-order valence-corrected chi connectivity index (χ4v) is 3.62. The lowest BCUT2D eigenvalue weighted by atomic mass is 9.75. The minimum atomic E-state index is -0.521. The first-order valence-electron chi connectivity index (χ1n) is 8.01. The number of ether oxygens (including phenoxy) is 2. The first kappa shape index (κ1) is 16.3. The van der Waals surface area contributed by atoms with Crippen molar-refractivity contribution in [3.8, 4) is 0 Å². The van der Waals surface area contributed by atoms with Gasteiger partial charge in [-0.15, -0.1) is 0 Å². The van der Waals surface area contributed by atoms with Gasteiger partial charge in [-0.1, -0.05) is 36.9 Å². The van der Waals surface area contributed by atoms with Gasteiger partial charge in [-0.2, -0.15) is 0 Å². The number of esters is 1. The molecule has 3 rings (SSSR count). The quantitative estimate of drug-likeness (QED) is 0.664. The Hall–Kier alpha value is -2.56. The third-order valence-corrected chi connectivity index (χ3v) is 4.76. The number of amides is 1. The SMILES string of the molecule is C=CCOC(=O)Nc1ccc(C[C@]23CC(=C)C[C@@H]2COC3=O)cc1. The molecule has 0 bridgehead atoms. The molecule has 2 atom stereocenters. The lowest BCUT2D eigenvalue weighted by Gasteiger charge is -2.24. The van der Waals surface area contributed by atoms with Crippen LogP contribution < -0.4 is 5.32 Å². The summed E-state index contributed by atoms with van der Waals surface area (Å²) in [5.41, 5.74) is 2.35. The third-order valence-electron chi connectivity index (χ3n) is 4.76. The maximum atomic E-state index is 12.3. The van der Waals surface area contributed by atoms with Crippen molar-refractivity contribution in [1.82, 2.24) is 0 Å². The van der Waals surface area contributed by atoms with Crippen molar-refractivity contribution in [2.75, 3.05) is 18.5 Å². The van der Waals surface area contributed by atoms with E-state index in [4.69, 9.17) is 9.47 Å². The minimum Gasteiger partial charge on any atom is -0.465 e. The molecule has 1 aliphatic carbocycles. The number of carbonyl (C=O) groups excluding carboxylic acids is 2. The van der Waals surface area contributed by atoms with Crippen molar-refractivity contribution in [2.45, 2.75) is 19.3 Å². The molecule has 1 heterocycles. The lowest BCUT2D eigenvalue weighted by Crippen LogP contribution is -2.31. The number of fused-ring (bicyclic) bond motifs is 1. The van der Waals surface area contributed by atoms with Crippen LogP contribution in [0.3, 0.4) is 0 Å². The summed E-state index contributed by atoms with van der Waals surface area (Å²) in [5.74, 6) is 0.116. The van der Waals surface area contributed by atoms with Gasteiger partial charge in [0, 0.05) is 11.6 Å². The molecule has 1 N–H and O–H groups in total. The molecule has 0 unspecified atom stereocenters. The monoisotopic (exact) mass is 327 g/mol. The van der Waals surface area contributed by atoms with Crippen molar-refractivity contribution in [2.24, 2.45) is 11.3 Å². The average Bonchev–Trinajstić information content (AvgIpc) is 3.02. The molecule has 0 spiro atoms. The fraction of sp³-hybridized carbons (Fsp3) is 0.368. The van der Waals surface area contributed by atoms with Crippen LogP contribution in [0, 0.1) is 11.3 Å². The summed E-state index contributed by atoms with van der Waals surface area (Å²) in [6.45, 7) is 8.20. The van der Waals surface area contributed by atoms with Crippen molar-refractivity contribution < 1.29 is 19.1 Å². The molecule has 24 heavy (non-hydrogen) atoms. The fourth-order valence-electron chi connectivity index (χ4n) is 3.62. The topological polar surface area (TPSA) is 64.6 Å². The highest BCUT2D eigenvalue weighted by Crippen LogP contribution is 2.52. The molecule has 1 amide bonds. The smallest absolute Gasteiger partial charge is 0.411 e. The zero-order valence-corrected chi connectivity index (χ0v) is 13.5. The van der Waals surface area contributed by atoms with E-state index >= 15 is 0 Å². The first-order chi connectivity index (χ1) is 11.5. The Kier molecular flexibility index (Phi) is 4.42. The molecule has 2 fully saturated rings. The predicted molar refractivity (Wildman–Crippen MR) is 90.6 cm³/mol. The van der Waals surface area contributed by atoms with E-state index in [1.54, 1.807) is 12.1 Å². The van der Waals surface area contributed by atoms with Crippen LogP contribution in [0.25, 0.3) is 0 Å². The van der Waals surface area contributed by atoms with Gasteiger partial charge in [0.2, 0.25) is 0 Å². The van der Waals surface area contributed by atoms with Crippen LogP contribution in [-0.2, 0) is 20.7 Å². The Morgan fingerprint density at radius 1 is 1.42 bits per heavy atom. The lowest BCUT2D eigenvalue weighted by molar-refractivity contribution is -0.146. The maximum Gasteiger partial charge on any atom is 0.411 e. The molecule has 0 aromatic heterocycles. The summed E-state index contributed by atoms with van der Waals surface area (Å²) in [6.07, 6.45) is 3.18. The summed E-state index contributed by atoms with van der Waals surface area (Å²) in [5, 5.41) is 2.64. The van der Waals surface area contributed by atoms with Gasteiger partial charge in [0.25, 0.3) is 0 Å². The Balaban J connectivity index is 1.68. The second-order valence-corrected chi connectivity index (χ2v) is 6.47. The molecular weight excluding hydrogens is 306 g/mol. The molecule has 1 aliphatic heterocycles. The van der Waals surface area contributed by atoms with Gasteiger partial charge < -0.3 is 9.47 Å². The molecule has 5 nitrogen and oxygen atoms in total. The van der Waals surface area contributed by atoms with Gasteiger partial charge in [0.05, 0.1) is 12.0 Å². The summed E-state index contributed by atoms with van der Waals surface area (Å²) >= 11 is 0. The van der Waals surface area contributed by atoms with Crippen LogP contribution in [0.5, 0.6) is 0 Å². The Labute approximate surface area is 141 Å². The predicted octanol–water partition coefficient (Wildman–Crippen LogP) is 3.47. The van der Waals surface area contributed by atoms with Crippen LogP contribution in [0.2, 0.25) is 0 Å². The van der Waals surface area contributed by atoms with Crippen molar-refractivity contribution in [3.05, 3.63) is 54.6 Å². The average molecular weight is 327 g/mol. The number of anilines is 1. The zero-order valence-electron chi connectivity index (χ0n) is 13.5. The maximum absolute atomic E-state index is 12.3. The normalized spacial score (nSPS) is 25.1. The molecule has 0 radical (unpaired) electrons. The second-order valence-electron chi connectivity index (χ2n) is 6.47. The number of carbonyl (C=O) groups is 2. The van der Waals surface area contributed by atoms with E-state index < -0.39 is 11.5 Å². The highest BCUT2D eigenvalue weighted by Gasteiger charge is 2.55. The van der Waals surface area contributed by atoms with Gasteiger partial charge in [-0.05, 0) is 37.0 Å². The number of hydrogen-bond donors (Lipinski definition) is 1. The van der Waals surface area contributed by atoms with E-state index in [0.717, 1.165) is 17.6 Å². The Morgan fingerprint density at radius 2 is 2.17 bits per heavy atom. The van der Waals surface area contributed by atoms with Crippen molar-refractivity contribution in [1.29, 1.82) is 0 Å².